The van der Waals surface area contributed by atoms with E-state index in [1.54, 1.807) is 0 Å². The van der Waals surface area contributed by atoms with Crippen LogP contribution in [0.3, 0.4) is 0 Å². The maximum atomic E-state index is 13.1. The molecule has 6 nitrogen and oxygen atoms in total. The summed E-state index contributed by atoms with van der Waals surface area (Å²) in [6.45, 7) is 4.09. The highest BCUT2D eigenvalue weighted by atomic mass is 16.5. The van der Waals surface area contributed by atoms with Crippen LogP contribution in [0, 0.1) is 0 Å². The van der Waals surface area contributed by atoms with Gasteiger partial charge in [0.25, 0.3) is 5.91 Å². The van der Waals surface area contributed by atoms with Gasteiger partial charge in [-0.1, -0.05) is 30.3 Å². The highest BCUT2D eigenvalue weighted by molar-refractivity contribution is 5.99. The topological polar surface area (TPSA) is 61.5 Å². The largest absolute Gasteiger partial charge is 0.492 e. The van der Waals surface area contributed by atoms with Gasteiger partial charge in [-0.25, -0.2) is 4.98 Å². The van der Waals surface area contributed by atoms with Crippen LogP contribution in [-0.4, -0.2) is 65.5 Å². The molecule has 1 fully saturated rings. The summed E-state index contributed by atoms with van der Waals surface area (Å²) < 4.78 is 5.94. The Morgan fingerprint density at radius 2 is 1.85 bits per heavy atom. The lowest BCUT2D eigenvalue weighted by atomic mass is 9.99. The van der Waals surface area contributed by atoms with Crippen molar-refractivity contribution >= 4 is 16.9 Å². The first-order chi connectivity index (χ1) is 16.2. The Morgan fingerprint density at radius 3 is 2.73 bits per heavy atom. The van der Waals surface area contributed by atoms with Crippen molar-refractivity contribution in [3.8, 4) is 28.0 Å². The maximum absolute atomic E-state index is 13.1. The highest BCUT2D eigenvalue weighted by Gasteiger charge is 2.22. The molecule has 1 N–H and O–H groups in total. The lowest BCUT2D eigenvalue weighted by Gasteiger charge is -2.32. The van der Waals surface area contributed by atoms with Crippen LogP contribution in [0.5, 0.6) is 5.75 Å². The molecule has 6 rings (SSSR count). The van der Waals surface area contributed by atoms with Gasteiger partial charge in [-0.2, -0.15) is 0 Å². The molecule has 0 atom stereocenters. The van der Waals surface area contributed by atoms with Crippen molar-refractivity contribution in [1.82, 2.24) is 19.8 Å². The Balaban J connectivity index is 1.36. The molecule has 1 saturated heterocycles. The predicted molar refractivity (Wildman–Crippen MR) is 130 cm³/mol. The van der Waals surface area contributed by atoms with E-state index in [1.165, 1.54) is 5.56 Å². The number of aromatic nitrogens is 2. The summed E-state index contributed by atoms with van der Waals surface area (Å²) in [6, 6.07) is 16.4. The summed E-state index contributed by atoms with van der Waals surface area (Å²) in [5.41, 5.74) is 6.98. The Kier molecular flexibility index (Phi) is 4.88. The van der Waals surface area contributed by atoms with Crippen molar-refractivity contribution in [2.75, 3.05) is 39.8 Å². The van der Waals surface area contributed by atoms with Crippen LogP contribution >= 0.6 is 0 Å². The number of likely N-dealkylation sites (N-methyl/N-ethyl adjacent to an activating group) is 1. The zero-order valence-electron chi connectivity index (χ0n) is 18.7. The van der Waals surface area contributed by atoms with E-state index < -0.39 is 0 Å². The predicted octanol–water partition coefficient (Wildman–Crippen LogP) is 4.22. The molecule has 0 spiro atoms. The average molecular weight is 439 g/mol. The van der Waals surface area contributed by atoms with E-state index in [9.17, 15) is 4.79 Å². The van der Waals surface area contributed by atoms with Crippen molar-refractivity contribution in [1.29, 1.82) is 0 Å². The number of carbonyl (C=O) groups is 1. The van der Waals surface area contributed by atoms with Crippen LogP contribution in [-0.2, 0) is 6.42 Å². The second kappa shape index (κ2) is 8.05. The number of pyridine rings is 1. The average Bonchev–Trinajstić information content (AvgIpc) is 3.51. The molecule has 2 aromatic carbocycles. The molecule has 2 aromatic heterocycles. The third kappa shape index (κ3) is 3.56. The van der Waals surface area contributed by atoms with Gasteiger partial charge in [0, 0.05) is 72.6 Å². The Morgan fingerprint density at radius 1 is 1.00 bits per heavy atom. The molecule has 0 unspecified atom stereocenters. The summed E-state index contributed by atoms with van der Waals surface area (Å²) in [4.78, 5) is 25.3. The second-order valence-electron chi connectivity index (χ2n) is 8.89. The molecule has 0 radical (unpaired) electrons. The minimum absolute atomic E-state index is 0.0957. The van der Waals surface area contributed by atoms with Crippen molar-refractivity contribution in [2.24, 2.45) is 0 Å². The number of hydrogen-bond acceptors (Lipinski definition) is 4. The van der Waals surface area contributed by atoms with Crippen molar-refractivity contribution < 1.29 is 9.53 Å². The third-order valence-corrected chi connectivity index (χ3v) is 6.77. The quantitative estimate of drug-likeness (QED) is 0.520. The molecule has 1 amide bonds. The van der Waals surface area contributed by atoms with Crippen LogP contribution in [0.15, 0.2) is 60.9 Å². The molecule has 33 heavy (non-hydrogen) atoms. The number of para-hydroxylation sites is 1. The number of nitrogens with one attached hydrogen (secondary N) is 1. The van der Waals surface area contributed by atoms with Gasteiger partial charge in [0.05, 0.1) is 6.61 Å². The second-order valence-corrected chi connectivity index (χ2v) is 8.89. The lowest BCUT2D eigenvalue weighted by molar-refractivity contribution is 0.0664. The van der Waals surface area contributed by atoms with Crippen LogP contribution in [0.1, 0.15) is 15.9 Å². The minimum atomic E-state index is 0.0957. The molecule has 0 aliphatic carbocycles. The molecular formula is C27H26N4O2. The number of fused-ring (bicyclic) bond motifs is 2. The van der Waals surface area contributed by atoms with Crippen molar-refractivity contribution in [3.63, 3.8) is 0 Å². The van der Waals surface area contributed by atoms with Crippen LogP contribution < -0.4 is 4.74 Å². The van der Waals surface area contributed by atoms with Gasteiger partial charge in [0.1, 0.15) is 11.4 Å². The third-order valence-electron chi connectivity index (χ3n) is 6.77. The number of nitrogens with zero attached hydrogens (tertiary/aromatic N) is 3. The first kappa shape index (κ1) is 20.0. The van der Waals surface area contributed by atoms with Gasteiger partial charge in [-0.05, 0) is 36.4 Å². The molecular weight excluding hydrogens is 412 g/mol. The van der Waals surface area contributed by atoms with Crippen LogP contribution in [0.2, 0.25) is 0 Å². The molecule has 2 aliphatic rings. The number of carbonyl (C=O) groups excluding carboxylic acids is 1. The van der Waals surface area contributed by atoms with Crippen molar-refractivity contribution in [2.45, 2.75) is 6.42 Å². The fourth-order valence-corrected chi connectivity index (χ4v) is 4.84. The Labute approximate surface area is 192 Å². The number of amides is 1. The molecule has 0 bridgehead atoms. The fraction of sp³-hybridized carbons (Fsp3) is 0.259. The number of benzene rings is 2. The summed E-state index contributed by atoms with van der Waals surface area (Å²) in [6.07, 6.45) is 4.82. The first-order valence-electron chi connectivity index (χ1n) is 11.5. The van der Waals surface area contributed by atoms with Gasteiger partial charge in [-0.3, -0.25) is 4.79 Å². The Bertz CT molecular complexity index is 1350. The summed E-state index contributed by atoms with van der Waals surface area (Å²) >= 11 is 0. The zero-order chi connectivity index (χ0) is 22.4. The number of H-pyrrole nitrogens is 1. The molecule has 4 aromatic rings. The van der Waals surface area contributed by atoms with Gasteiger partial charge >= 0.3 is 0 Å². The standard InChI is InChI=1S/C27H26N4O2/c1-30-9-11-31(12-10-30)27(32)20-6-2-5-19(14-20)21-15-23-24(17-29-26(23)28-16-21)22-7-3-4-18-8-13-33-25(18)22/h2-7,14-17H,8-13H2,1H3,(H,28,29). The molecule has 166 valence electrons. The number of hydrogen-bond donors (Lipinski definition) is 1. The maximum Gasteiger partial charge on any atom is 0.253 e. The SMILES string of the molecule is CN1CCN(C(=O)c2cccc(-c3cnc4[nH]cc(-c5cccc6c5OCC6)c4c3)c2)CC1. The van der Waals surface area contributed by atoms with Crippen LogP contribution in [0.4, 0.5) is 0 Å². The van der Waals surface area contributed by atoms with Gasteiger partial charge < -0.3 is 19.5 Å². The van der Waals surface area contributed by atoms with E-state index in [0.717, 1.165) is 83.8 Å². The van der Waals surface area contributed by atoms with E-state index in [0.29, 0.717) is 0 Å². The van der Waals surface area contributed by atoms with Gasteiger partial charge in [-0.15, -0.1) is 0 Å². The number of ether oxygens (including phenoxy) is 1. The van der Waals surface area contributed by atoms with E-state index in [-0.39, 0.29) is 5.91 Å². The van der Waals surface area contributed by atoms with E-state index in [2.05, 4.69) is 46.2 Å². The van der Waals surface area contributed by atoms with Gasteiger partial charge in [0.15, 0.2) is 0 Å². The number of piperazine rings is 1. The van der Waals surface area contributed by atoms with E-state index >= 15 is 0 Å². The number of aromatic amines is 1. The summed E-state index contributed by atoms with van der Waals surface area (Å²) in [5, 5.41) is 1.05. The lowest BCUT2D eigenvalue weighted by Crippen LogP contribution is -2.47. The highest BCUT2D eigenvalue weighted by Crippen LogP contribution is 2.40. The van der Waals surface area contributed by atoms with E-state index in [4.69, 9.17) is 4.74 Å². The fourth-order valence-electron chi connectivity index (χ4n) is 4.84. The monoisotopic (exact) mass is 438 g/mol. The normalized spacial score (nSPS) is 16.1. The minimum Gasteiger partial charge on any atom is -0.492 e. The van der Waals surface area contributed by atoms with Gasteiger partial charge in [0.2, 0.25) is 0 Å². The molecule has 0 saturated carbocycles. The summed E-state index contributed by atoms with van der Waals surface area (Å²) in [7, 11) is 2.09. The first-order valence-corrected chi connectivity index (χ1v) is 11.5. The molecule has 4 heterocycles. The molecule has 6 heteroatoms. The van der Waals surface area contributed by atoms with Crippen LogP contribution in [0.25, 0.3) is 33.3 Å². The Hall–Kier alpha value is -3.64. The van der Waals surface area contributed by atoms with E-state index in [1.807, 2.05) is 41.6 Å². The zero-order valence-corrected chi connectivity index (χ0v) is 18.7. The number of rotatable bonds is 3. The smallest absolute Gasteiger partial charge is 0.253 e. The van der Waals surface area contributed by atoms with Crippen molar-refractivity contribution in [3.05, 3.63) is 72.1 Å². The summed E-state index contributed by atoms with van der Waals surface area (Å²) in [5.74, 6) is 1.07. The molecule has 2 aliphatic heterocycles.